The minimum Gasteiger partial charge on any atom is -0.494 e. The van der Waals surface area contributed by atoms with Gasteiger partial charge in [0.05, 0.1) is 6.61 Å². The first-order valence-electron chi connectivity index (χ1n) is 7.72. The number of carbonyl (C=O) groups is 2. The van der Waals surface area contributed by atoms with Crippen molar-refractivity contribution >= 4 is 11.8 Å². The molecular formula is C17H25FN2O3. The van der Waals surface area contributed by atoms with Crippen molar-refractivity contribution in [1.29, 1.82) is 0 Å². The highest BCUT2D eigenvalue weighted by Gasteiger charge is 2.20. The second-order valence-corrected chi connectivity index (χ2v) is 6.26. The van der Waals surface area contributed by atoms with Gasteiger partial charge in [0.15, 0.2) is 0 Å². The highest BCUT2D eigenvalue weighted by Crippen LogP contribution is 2.12. The lowest BCUT2D eigenvalue weighted by Crippen LogP contribution is -2.37. The molecule has 0 aliphatic carbocycles. The molecule has 23 heavy (non-hydrogen) atoms. The molecule has 0 heterocycles. The Kier molecular flexibility index (Phi) is 7.51. The molecule has 2 amide bonds. The molecule has 1 aromatic carbocycles. The van der Waals surface area contributed by atoms with Crippen LogP contribution >= 0.6 is 0 Å². The van der Waals surface area contributed by atoms with Crippen molar-refractivity contribution in [1.82, 2.24) is 10.6 Å². The van der Waals surface area contributed by atoms with Crippen molar-refractivity contribution in [3.63, 3.8) is 0 Å². The summed E-state index contributed by atoms with van der Waals surface area (Å²) in [6, 6.07) is 5.80. The molecule has 0 unspecified atom stereocenters. The van der Waals surface area contributed by atoms with E-state index >= 15 is 0 Å². The van der Waals surface area contributed by atoms with Crippen LogP contribution in [0.5, 0.6) is 5.75 Å². The number of hydrogen-bond donors (Lipinski definition) is 2. The summed E-state index contributed by atoms with van der Waals surface area (Å²) in [5, 5.41) is 5.49. The van der Waals surface area contributed by atoms with Crippen molar-refractivity contribution in [2.24, 2.45) is 5.41 Å². The van der Waals surface area contributed by atoms with Crippen LogP contribution in [0.3, 0.4) is 0 Å². The highest BCUT2D eigenvalue weighted by molar-refractivity contribution is 5.82. The van der Waals surface area contributed by atoms with Crippen LogP contribution in [0.2, 0.25) is 0 Å². The van der Waals surface area contributed by atoms with Crippen LogP contribution in [0.15, 0.2) is 24.3 Å². The Morgan fingerprint density at radius 1 is 1.09 bits per heavy atom. The Labute approximate surface area is 136 Å². The average Bonchev–Trinajstić information content (AvgIpc) is 2.47. The Morgan fingerprint density at radius 2 is 1.74 bits per heavy atom. The third-order valence-corrected chi connectivity index (χ3v) is 3.04. The van der Waals surface area contributed by atoms with Crippen LogP contribution < -0.4 is 15.4 Å². The lowest BCUT2D eigenvalue weighted by molar-refractivity contribution is -0.128. The molecule has 0 saturated heterocycles. The normalized spacial score (nSPS) is 11.0. The standard InChI is InChI=1S/C17H25FN2O3/c1-17(2,3)16(22)20-11-9-15(21)19-10-4-12-23-14-7-5-13(18)6-8-14/h5-8H,4,9-12H2,1-3H3,(H,19,21)(H,20,22). The first-order chi connectivity index (χ1) is 10.8. The van der Waals surface area contributed by atoms with E-state index < -0.39 is 5.41 Å². The second-order valence-electron chi connectivity index (χ2n) is 6.26. The lowest BCUT2D eigenvalue weighted by atomic mass is 9.96. The molecule has 0 radical (unpaired) electrons. The predicted molar refractivity (Wildman–Crippen MR) is 86.6 cm³/mol. The van der Waals surface area contributed by atoms with Crippen LogP contribution in [0, 0.1) is 11.2 Å². The van der Waals surface area contributed by atoms with Gasteiger partial charge in [-0.05, 0) is 30.7 Å². The number of hydrogen-bond acceptors (Lipinski definition) is 3. The summed E-state index contributed by atoms with van der Waals surface area (Å²) < 4.78 is 18.1. The zero-order valence-corrected chi connectivity index (χ0v) is 13.9. The summed E-state index contributed by atoms with van der Waals surface area (Å²) in [4.78, 5) is 23.2. The molecule has 0 aliphatic rings. The number of halogens is 1. The zero-order chi connectivity index (χ0) is 17.3. The predicted octanol–water partition coefficient (Wildman–Crippen LogP) is 2.26. The summed E-state index contributed by atoms with van der Waals surface area (Å²) in [6.07, 6.45) is 0.901. The van der Waals surface area contributed by atoms with Crippen LogP contribution in [0.4, 0.5) is 4.39 Å². The van der Waals surface area contributed by atoms with Gasteiger partial charge in [0.1, 0.15) is 11.6 Å². The van der Waals surface area contributed by atoms with Crippen molar-refractivity contribution in [2.45, 2.75) is 33.6 Å². The van der Waals surface area contributed by atoms with Crippen LogP contribution in [-0.2, 0) is 9.59 Å². The summed E-state index contributed by atoms with van der Waals surface area (Å²) in [5.74, 6) is 0.116. The van der Waals surface area contributed by atoms with Gasteiger partial charge in [0.2, 0.25) is 11.8 Å². The molecular weight excluding hydrogens is 299 g/mol. The van der Waals surface area contributed by atoms with Gasteiger partial charge in [-0.1, -0.05) is 20.8 Å². The van der Waals surface area contributed by atoms with E-state index in [9.17, 15) is 14.0 Å². The van der Waals surface area contributed by atoms with Gasteiger partial charge in [-0.25, -0.2) is 4.39 Å². The summed E-state index contributed by atoms with van der Waals surface area (Å²) in [5.41, 5.74) is -0.450. The quantitative estimate of drug-likeness (QED) is 0.721. The molecule has 0 spiro atoms. The van der Waals surface area contributed by atoms with Crippen molar-refractivity contribution in [3.8, 4) is 5.75 Å². The average molecular weight is 324 g/mol. The Morgan fingerprint density at radius 3 is 2.35 bits per heavy atom. The van der Waals surface area contributed by atoms with Gasteiger partial charge < -0.3 is 15.4 Å². The minimum atomic E-state index is -0.450. The van der Waals surface area contributed by atoms with Crippen molar-refractivity contribution in [2.75, 3.05) is 19.7 Å². The maximum Gasteiger partial charge on any atom is 0.225 e. The molecule has 0 aromatic heterocycles. The topological polar surface area (TPSA) is 67.4 Å². The maximum absolute atomic E-state index is 12.7. The highest BCUT2D eigenvalue weighted by atomic mass is 19.1. The molecule has 6 heteroatoms. The molecule has 2 N–H and O–H groups in total. The van der Waals surface area contributed by atoms with E-state index in [4.69, 9.17) is 4.74 Å². The number of carbonyl (C=O) groups excluding carboxylic acids is 2. The van der Waals surface area contributed by atoms with Gasteiger partial charge in [0.25, 0.3) is 0 Å². The molecule has 0 saturated carbocycles. The lowest BCUT2D eigenvalue weighted by Gasteiger charge is -2.17. The van der Waals surface area contributed by atoms with E-state index in [0.29, 0.717) is 31.9 Å². The molecule has 128 valence electrons. The fourth-order valence-electron chi connectivity index (χ4n) is 1.66. The van der Waals surface area contributed by atoms with E-state index in [0.717, 1.165) is 0 Å². The molecule has 5 nitrogen and oxygen atoms in total. The Hall–Kier alpha value is -2.11. The van der Waals surface area contributed by atoms with Crippen LogP contribution in [-0.4, -0.2) is 31.5 Å². The smallest absolute Gasteiger partial charge is 0.225 e. The number of ether oxygens (including phenoxy) is 1. The molecule has 0 aliphatic heterocycles. The third-order valence-electron chi connectivity index (χ3n) is 3.04. The number of rotatable bonds is 8. The fraction of sp³-hybridized carbons (Fsp3) is 0.529. The Bertz CT molecular complexity index is 510. The minimum absolute atomic E-state index is 0.0713. The number of benzene rings is 1. The third kappa shape index (κ3) is 8.18. The monoisotopic (exact) mass is 324 g/mol. The summed E-state index contributed by atoms with van der Waals surface area (Å²) in [7, 11) is 0. The second kappa shape index (κ2) is 9.12. The molecule has 0 atom stereocenters. The van der Waals surface area contributed by atoms with Crippen molar-refractivity contribution in [3.05, 3.63) is 30.1 Å². The molecule has 1 aromatic rings. The van der Waals surface area contributed by atoms with Gasteiger partial charge in [-0.2, -0.15) is 0 Å². The van der Waals surface area contributed by atoms with Gasteiger partial charge in [0, 0.05) is 24.9 Å². The first-order valence-corrected chi connectivity index (χ1v) is 7.72. The largest absolute Gasteiger partial charge is 0.494 e. The van der Waals surface area contributed by atoms with E-state index in [1.165, 1.54) is 12.1 Å². The van der Waals surface area contributed by atoms with E-state index in [1.54, 1.807) is 12.1 Å². The Balaban J connectivity index is 2.06. The molecule has 0 bridgehead atoms. The maximum atomic E-state index is 12.7. The summed E-state index contributed by atoms with van der Waals surface area (Å²) >= 11 is 0. The van der Waals surface area contributed by atoms with Crippen LogP contribution in [0.25, 0.3) is 0 Å². The van der Waals surface area contributed by atoms with Crippen LogP contribution in [0.1, 0.15) is 33.6 Å². The van der Waals surface area contributed by atoms with Gasteiger partial charge >= 0.3 is 0 Å². The van der Waals surface area contributed by atoms with E-state index in [-0.39, 0.29) is 24.1 Å². The number of nitrogens with one attached hydrogen (secondary N) is 2. The SMILES string of the molecule is CC(C)(C)C(=O)NCCC(=O)NCCCOc1ccc(F)cc1. The first kappa shape index (κ1) is 18.9. The number of amides is 2. The van der Waals surface area contributed by atoms with E-state index in [2.05, 4.69) is 10.6 Å². The van der Waals surface area contributed by atoms with E-state index in [1.807, 2.05) is 20.8 Å². The zero-order valence-electron chi connectivity index (χ0n) is 13.9. The molecule has 0 fully saturated rings. The van der Waals surface area contributed by atoms with Crippen molar-refractivity contribution < 1.29 is 18.7 Å². The summed E-state index contributed by atoms with van der Waals surface area (Å²) in [6.45, 7) is 6.73. The van der Waals surface area contributed by atoms with Gasteiger partial charge in [-0.3, -0.25) is 9.59 Å². The van der Waals surface area contributed by atoms with Gasteiger partial charge in [-0.15, -0.1) is 0 Å². The fourth-order valence-corrected chi connectivity index (χ4v) is 1.66. The molecule has 1 rings (SSSR count).